The number of nitrogens with zero attached hydrogens (tertiary/aromatic N) is 1. The normalized spacial score (nSPS) is 10.9. The van der Waals surface area contributed by atoms with Crippen LogP contribution in [0.5, 0.6) is 0 Å². The van der Waals surface area contributed by atoms with E-state index in [4.69, 9.17) is 0 Å². The number of nitrogens with one attached hydrogen (secondary N) is 3. The van der Waals surface area contributed by atoms with Gasteiger partial charge in [-0.25, -0.2) is 5.43 Å². The van der Waals surface area contributed by atoms with Crippen LogP contribution in [-0.2, 0) is 4.79 Å². The molecular formula is C24H24N4O2. The molecule has 152 valence electrons. The summed E-state index contributed by atoms with van der Waals surface area (Å²) in [7, 11) is 0. The van der Waals surface area contributed by atoms with Gasteiger partial charge in [0.05, 0.1) is 6.42 Å². The molecule has 30 heavy (non-hydrogen) atoms. The summed E-state index contributed by atoms with van der Waals surface area (Å²) in [6.07, 6.45) is 0.0815. The van der Waals surface area contributed by atoms with Crippen molar-refractivity contribution in [3.8, 4) is 0 Å². The number of anilines is 3. The Morgan fingerprint density at radius 3 is 2.20 bits per heavy atom. The molecule has 0 saturated carbocycles. The van der Waals surface area contributed by atoms with Gasteiger partial charge >= 0.3 is 0 Å². The maximum atomic E-state index is 12.2. The Balaban J connectivity index is 1.49. The number of hydrogen-bond acceptors (Lipinski definition) is 4. The minimum Gasteiger partial charge on any atom is -0.356 e. The molecule has 6 nitrogen and oxygen atoms in total. The molecule has 0 unspecified atom stereocenters. The maximum absolute atomic E-state index is 12.2. The van der Waals surface area contributed by atoms with E-state index >= 15 is 0 Å². The van der Waals surface area contributed by atoms with E-state index in [0.29, 0.717) is 17.0 Å². The van der Waals surface area contributed by atoms with Gasteiger partial charge in [-0.05, 0) is 62.4 Å². The fourth-order valence-electron chi connectivity index (χ4n) is 2.80. The van der Waals surface area contributed by atoms with Crippen molar-refractivity contribution in [2.75, 3.05) is 10.6 Å². The van der Waals surface area contributed by atoms with E-state index in [-0.39, 0.29) is 18.2 Å². The summed E-state index contributed by atoms with van der Waals surface area (Å²) in [5.41, 5.74) is 7.13. The molecule has 2 amide bonds. The van der Waals surface area contributed by atoms with Crippen molar-refractivity contribution >= 4 is 34.6 Å². The molecule has 3 rings (SSSR count). The molecule has 0 aliphatic carbocycles. The van der Waals surface area contributed by atoms with Crippen LogP contribution in [0.2, 0.25) is 0 Å². The predicted octanol–water partition coefficient (Wildman–Crippen LogP) is 4.87. The van der Waals surface area contributed by atoms with Crippen molar-refractivity contribution in [1.29, 1.82) is 0 Å². The predicted molar refractivity (Wildman–Crippen MR) is 121 cm³/mol. The summed E-state index contributed by atoms with van der Waals surface area (Å²) >= 11 is 0. The van der Waals surface area contributed by atoms with Crippen LogP contribution in [-0.4, -0.2) is 17.5 Å². The first-order chi connectivity index (χ1) is 14.5. The van der Waals surface area contributed by atoms with Crippen molar-refractivity contribution in [1.82, 2.24) is 5.43 Å². The van der Waals surface area contributed by atoms with Crippen molar-refractivity contribution < 1.29 is 9.59 Å². The molecule has 0 heterocycles. The summed E-state index contributed by atoms with van der Waals surface area (Å²) in [6.45, 7) is 3.61. The van der Waals surface area contributed by atoms with Crippen LogP contribution in [0.15, 0.2) is 84.0 Å². The fourth-order valence-corrected chi connectivity index (χ4v) is 2.80. The second kappa shape index (κ2) is 10.0. The summed E-state index contributed by atoms with van der Waals surface area (Å²) in [4.78, 5) is 24.4. The molecule has 0 atom stereocenters. The van der Waals surface area contributed by atoms with Crippen LogP contribution in [0, 0.1) is 6.92 Å². The van der Waals surface area contributed by atoms with Gasteiger partial charge in [-0.15, -0.1) is 0 Å². The molecular weight excluding hydrogens is 376 g/mol. The topological polar surface area (TPSA) is 82.6 Å². The molecule has 0 aromatic heterocycles. The van der Waals surface area contributed by atoms with Gasteiger partial charge < -0.3 is 10.6 Å². The average molecular weight is 400 g/mol. The Hall–Kier alpha value is -3.93. The lowest BCUT2D eigenvalue weighted by atomic mass is 10.1. The van der Waals surface area contributed by atoms with Gasteiger partial charge in [0.1, 0.15) is 0 Å². The number of benzene rings is 3. The van der Waals surface area contributed by atoms with Crippen molar-refractivity contribution in [2.24, 2.45) is 5.10 Å². The third kappa shape index (κ3) is 6.31. The SMILES string of the molecule is C/C(CC(=O)Nc1ccc(Nc2ccccc2)cc1)=N/NC(=O)c1cccc(C)c1. The highest BCUT2D eigenvalue weighted by Gasteiger charge is 2.07. The Bertz CT molecular complexity index is 1040. The molecule has 6 heteroatoms. The van der Waals surface area contributed by atoms with Crippen LogP contribution in [0.25, 0.3) is 0 Å². The lowest BCUT2D eigenvalue weighted by molar-refractivity contribution is -0.115. The van der Waals surface area contributed by atoms with Gasteiger partial charge in [-0.3, -0.25) is 9.59 Å². The smallest absolute Gasteiger partial charge is 0.271 e. The highest BCUT2D eigenvalue weighted by atomic mass is 16.2. The zero-order chi connectivity index (χ0) is 21.3. The first-order valence-electron chi connectivity index (χ1n) is 9.62. The highest BCUT2D eigenvalue weighted by Crippen LogP contribution is 2.18. The zero-order valence-electron chi connectivity index (χ0n) is 17.0. The van der Waals surface area contributed by atoms with E-state index in [9.17, 15) is 9.59 Å². The molecule has 0 aliphatic heterocycles. The van der Waals surface area contributed by atoms with E-state index < -0.39 is 0 Å². The molecule has 0 radical (unpaired) electrons. The number of para-hydroxylation sites is 1. The maximum Gasteiger partial charge on any atom is 0.271 e. The number of carbonyl (C=O) groups is 2. The monoisotopic (exact) mass is 400 g/mol. The van der Waals surface area contributed by atoms with Gasteiger partial charge in [0.25, 0.3) is 5.91 Å². The first kappa shape index (κ1) is 20.8. The summed E-state index contributed by atoms with van der Waals surface area (Å²) in [6, 6.07) is 24.5. The second-order valence-electron chi connectivity index (χ2n) is 6.95. The quantitative estimate of drug-likeness (QED) is 0.391. The highest BCUT2D eigenvalue weighted by molar-refractivity contribution is 6.06. The van der Waals surface area contributed by atoms with Gasteiger partial charge in [0.2, 0.25) is 5.91 Å². The third-order valence-corrected chi connectivity index (χ3v) is 4.28. The van der Waals surface area contributed by atoms with Crippen molar-refractivity contribution in [3.63, 3.8) is 0 Å². The average Bonchev–Trinajstić information content (AvgIpc) is 2.74. The van der Waals surface area contributed by atoms with E-state index in [2.05, 4.69) is 21.2 Å². The Labute approximate surface area is 176 Å². The number of aryl methyl sites for hydroxylation is 1. The van der Waals surface area contributed by atoms with Gasteiger partial charge in [-0.1, -0.05) is 35.9 Å². The number of hydrogen-bond donors (Lipinski definition) is 3. The fraction of sp³-hybridized carbons (Fsp3) is 0.125. The molecule has 0 spiro atoms. The molecule has 0 fully saturated rings. The summed E-state index contributed by atoms with van der Waals surface area (Å²) in [5.74, 6) is -0.509. The zero-order valence-corrected chi connectivity index (χ0v) is 17.0. The molecule has 3 N–H and O–H groups in total. The Kier molecular flexibility index (Phi) is 6.95. The van der Waals surface area contributed by atoms with Crippen LogP contribution < -0.4 is 16.1 Å². The van der Waals surface area contributed by atoms with Crippen molar-refractivity contribution in [3.05, 3.63) is 90.0 Å². The van der Waals surface area contributed by atoms with E-state index in [0.717, 1.165) is 16.9 Å². The van der Waals surface area contributed by atoms with Crippen LogP contribution in [0.3, 0.4) is 0 Å². The Morgan fingerprint density at radius 1 is 0.833 bits per heavy atom. The minimum atomic E-state index is -0.306. The van der Waals surface area contributed by atoms with Crippen LogP contribution >= 0.6 is 0 Å². The number of hydrazone groups is 1. The Morgan fingerprint density at radius 2 is 1.50 bits per heavy atom. The number of rotatable bonds is 7. The van der Waals surface area contributed by atoms with Crippen LogP contribution in [0.1, 0.15) is 29.3 Å². The van der Waals surface area contributed by atoms with Gasteiger partial charge in [0.15, 0.2) is 0 Å². The number of amides is 2. The summed E-state index contributed by atoms with van der Waals surface area (Å²) in [5, 5.41) is 10.1. The standard InChI is InChI=1S/C24H24N4O2/c1-17-7-6-8-19(15-17)24(30)28-27-18(2)16-23(29)26-22-13-11-21(12-14-22)25-20-9-4-3-5-10-20/h3-15,25H,16H2,1-2H3,(H,26,29)(H,28,30)/b27-18-. The van der Waals surface area contributed by atoms with Crippen LogP contribution in [0.4, 0.5) is 17.1 Å². The van der Waals surface area contributed by atoms with Gasteiger partial charge in [-0.2, -0.15) is 5.10 Å². The minimum absolute atomic E-state index is 0.0815. The first-order valence-corrected chi connectivity index (χ1v) is 9.62. The van der Waals surface area contributed by atoms with E-state index in [1.54, 1.807) is 19.1 Å². The lowest BCUT2D eigenvalue weighted by Gasteiger charge is -2.09. The molecule has 3 aromatic rings. The summed E-state index contributed by atoms with van der Waals surface area (Å²) < 4.78 is 0. The second-order valence-corrected chi connectivity index (χ2v) is 6.95. The van der Waals surface area contributed by atoms with Crippen molar-refractivity contribution in [2.45, 2.75) is 20.3 Å². The molecule has 3 aromatic carbocycles. The molecule has 0 aliphatic rings. The number of carbonyl (C=O) groups excluding carboxylic acids is 2. The van der Waals surface area contributed by atoms with Gasteiger partial charge in [0, 0.05) is 28.3 Å². The molecule has 0 saturated heterocycles. The van der Waals surface area contributed by atoms with E-state index in [1.165, 1.54) is 0 Å². The largest absolute Gasteiger partial charge is 0.356 e. The third-order valence-electron chi connectivity index (χ3n) is 4.28. The van der Waals surface area contributed by atoms with E-state index in [1.807, 2.05) is 73.7 Å². The lowest BCUT2D eigenvalue weighted by Crippen LogP contribution is -2.21. The molecule has 0 bridgehead atoms.